The summed E-state index contributed by atoms with van der Waals surface area (Å²) in [5.74, 6) is 0.200. The van der Waals surface area contributed by atoms with Crippen LogP contribution < -0.4 is 10.0 Å². The van der Waals surface area contributed by atoms with E-state index in [1.165, 1.54) is 0 Å². The third kappa shape index (κ3) is 3.58. The third-order valence-corrected chi connectivity index (χ3v) is 8.10. The van der Waals surface area contributed by atoms with Crippen molar-refractivity contribution in [3.8, 4) is 0 Å². The number of aromatic nitrogens is 1. The first-order valence-electron chi connectivity index (χ1n) is 9.84. The molecular weight excluding hydrogens is 404 g/mol. The van der Waals surface area contributed by atoms with Crippen molar-refractivity contribution >= 4 is 28.3 Å². The van der Waals surface area contributed by atoms with Gasteiger partial charge in [0.25, 0.3) is 0 Å². The molecule has 2 atom stereocenters. The molecule has 158 valence electrons. The molecule has 4 rings (SSSR count). The van der Waals surface area contributed by atoms with Gasteiger partial charge in [-0.25, -0.2) is 8.42 Å². The fourth-order valence-corrected chi connectivity index (χ4v) is 6.82. The quantitative estimate of drug-likeness (QED) is 0.749. The van der Waals surface area contributed by atoms with Crippen molar-refractivity contribution in [2.24, 2.45) is 0 Å². The predicted octanol–water partition coefficient (Wildman–Crippen LogP) is 1.66. The largest absolute Gasteiger partial charge is 0.360 e. The van der Waals surface area contributed by atoms with Gasteiger partial charge in [0.1, 0.15) is 16.1 Å². The molecule has 28 heavy (non-hydrogen) atoms. The Morgan fingerprint density at radius 2 is 1.89 bits per heavy atom. The number of rotatable bonds is 4. The number of fused-ring (bicyclic) bond motifs is 2. The van der Waals surface area contributed by atoms with Crippen molar-refractivity contribution in [2.75, 3.05) is 13.1 Å². The third-order valence-electron chi connectivity index (χ3n) is 6.32. The summed E-state index contributed by atoms with van der Waals surface area (Å²) in [6.45, 7) is 4.88. The first-order chi connectivity index (χ1) is 12.8. The normalized spacial score (nSPS) is 26.7. The molecule has 0 aromatic carbocycles. The van der Waals surface area contributed by atoms with Crippen LogP contribution in [0.3, 0.4) is 0 Å². The van der Waals surface area contributed by atoms with Gasteiger partial charge in [-0.1, -0.05) is 18.0 Å². The second kappa shape index (κ2) is 7.93. The van der Waals surface area contributed by atoms with Crippen molar-refractivity contribution in [1.82, 2.24) is 20.1 Å². The maximum Gasteiger partial charge on any atom is 0.246 e. The average molecular weight is 433 g/mol. The lowest BCUT2D eigenvalue weighted by molar-refractivity contribution is -0.140. The lowest BCUT2D eigenvalue weighted by Crippen LogP contribution is -2.60. The zero-order chi connectivity index (χ0) is 19.2. The Bertz CT molecular complexity index is 801. The van der Waals surface area contributed by atoms with E-state index >= 15 is 0 Å². The highest BCUT2D eigenvalue weighted by molar-refractivity contribution is 7.89. The molecule has 3 fully saturated rings. The van der Waals surface area contributed by atoms with Gasteiger partial charge < -0.3 is 14.7 Å². The SMILES string of the molecule is Cc1noc(C)c1S(=O)(=O)NC1(C(=O)N2C3CCNCC2CC3)CCCC1.Cl. The van der Waals surface area contributed by atoms with Crippen LogP contribution in [0.1, 0.15) is 56.4 Å². The highest BCUT2D eigenvalue weighted by atomic mass is 35.5. The summed E-state index contributed by atoms with van der Waals surface area (Å²) in [7, 11) is -3.90. The monoisotopic (exact) mass is 432 g/mol. The van der Waals surface area contributed by atoms with E-state index in [4.69, 9.17) is 4.52 Å². The summed E-state index contributed by atoms with van der Waals surface area (Å²) >= 11 is 0. The van der Waals surface area contributed by atoms with Crippen LogP contribution in [0, 0.1) is 13.8 Å². The molecule has 3 heterocycles. The molecule has 2 unspecified atom stereocenters. The summed E-state index contributed by atoms with van der Waals surface area (Å²) in [6.07, 6.45) is 5.68. The zero-order valence-corrected chi connectivity index (χ0v) is 18.0. The molecule has 10 heteroatoms. The number of carbonyl (C=O) groups is 1. The van der Waals surface area contributed by atoms with Gasteiger partial charge in [0, 0.05) is 18.6 Å². The summed E-state index contributed by atoms with van der Waals surface area (Å²) in [5.41, 5.74) is -0.736. The van der Waals surface area contributed by atoms with E-state index in [2.05, 4.69) is 15.2 Å². The first-order valence-corrected chi connectivity index (χ1v) is 11.3. The van der Waals surface area contributed by atoms with Crippen LogP contribution in [0.2, 0.25) is 0 Å². The Morgan fingerprint density at radius 3 is 2.54 bits per heavy atom. The van der Waals surface area contributed by atoms with Gasteiger partial charge in [-0.2, -0.15) is 4.72 Å². The van der Waals surface area contributed by atoms with Gasteiger partial charge in [-0.05, 0) is 52.5 Å². The van der Waals surface area contributed by atoms with Crippen molar-refractivity contribution in [2.45, 2.75) is 81.3 Å². The van der Waals surface area contributed by atoms with Gasteiger partial charge in [-0.3, -0.25) is 4.79 Å². The number of hydrogen-bond acceptors (Lipinski definition) is 6. The fraction of sp³-hybridized carbons (Fsp3) is 0.778. The number of hydrogen-bond donors (Lipinski definition) is 2. The molecule has 1 aliphatic carbocycles. The van der Waals surface area contributed by atoms with Gasteiger partial charge in [0.05, 0.1) is 0 Å². The Morgan fingerprint density at radius 1 is 1.21 bits per heavy atom. The van der Waals surface area contributed by atoms with Crippen LogP contribution in [0.15, 0.2) is 9.42 Å². The van der Waals surface area contributed by atoms with Crippen molar-refractivity contribution in [3.63, 3.8) is 0 Å². The van der Waals surface area contributed by atoms with Crippen molar-refractivity contribution in [1.29, 1.82) is 0 Å². The minimum absolute atomic E-state index is 0. The fourth-order valence-electron chi connectivity index (χ4n) is 5.07. The minimum atomic E-state index is -3.90. The van der Waals surface area contributed by atoms with Gasteiger partial charge >= 0.3 is 0 Å². The molecule has 2 N–H and O–H groups in total. The highest BCUT2D eigenvalue weighted by Crippen LogP contribution is 2.38. The molecule has 0 radical (unpaired) electrons. The topological polar surface area (TPSA) is 105 Å². The van der Waals surface area contributed by atoms with Crippen molar-refractivity contribution in [3.05, 3.63) is 11.5 Å². The first kappa shape index (κ1) is 21.5. The molecule has 3 aliphatic rings. The molecule has 2 aliphatic heterocycles. The molecule has 1 aromatic rings. The summed E-state index contributed by atoms with van der Waals surface area (Å²) in [6, 6.07) is 0.365. The highest BCUT2D eigenvalue weighted by Gasteiger charge is 2.51. The standard InChI is InChI=1S/C18H28N4O4S.ClH/c1-12-16(13(2)26-20-12)27(24,25)21-18(8-3-4-9-18)17(23)22-14-5-6-15(22)11-19-10-7-14;/h14-15,19,21H,3-11H2,1-2H3;1H. The molecule has 0 spiro atoms. The molecule has 1 saturated carbocycles. The number of nitrogens with zero attached hydrogens (tertiary/aromatic N) is 2. The van der Waals surface area contributed by atoms with E-state index in [1.54, 1.807) is 13.8 Å². The van der Waals surface area contributed by atoms with Crippen molar-refractivity contribution < 1.29 is 17.7 Å². The maximum atomic E-state index is 13.7. The maximum absolute atomic E-state index is 13.7. The number of amides is 1. The number of carbonyl (C=O) groups excluding carboxylic acids is 1. The lowest BCUT2D eigenvalue weighted by Gasteiger charge is -2.37. The molecule has 2 bridgehead atoms. The summed E-state index contributed by atoms with van der Waals surface area (Å²) in [4.78, 5) is 15.7. The molecule has 2 saturated heterocycles. The van der Waals surface area contributed by atoms with E-state index in [1.807, 2.05) is 4.90 Å². The Kier molecular flexibility index (Phi) is 6.10. The van der Waals surface area contributed by atoms with E-state index < -0.39 is 15.6 Å². The number of sulfonamides is 1. The van der Waals surface area contributed by atoms with Gasteiger partial charge in [-0.15, -0.1) is 12.4 Å². The van der Waals surface area contributed by atoms with Crippen LogP contribution >= 0.6 is 12.4 Å². The van der Waals surface area contributed by atoms with Gasteiger partial charge in [0.2, 0.25) is 15.9 Å². The second-order valence-electron chi connectivity index (χ2n) is 8.14. The molecule has 1 aromatic heterocycles. The van der Waals surface area contributed by atoms with Crippen LogP contribution in [-0.2, 0) is 14.8 Å². The van der Waals surface area contributed by atoms with Crippen LogP contribution in [-0.4, -0.2) is 55.1 Å². The van der Waals surface area contributed by atoms with Gasteiger partial charge in [0.15, 0.2) is 5.76 Å². The molecular formula is C18H29ClN4O4S. The molecule has 1 amide bonds. The lowest BCUT2D eigenvalue weighted by atomic mass is 9.96. The van der Waals surface area contributed by atoms with E-state index in [-0.39, 0.29) is 41.1 Å². The number of nitrogens with one attached hydrogen (secondary N) is 2. The van der Waals surface area contributed by atoms with E-state index in [0.717, 1.165) is 45.2 Å². The van der Waals surface area contributed by atoms with Crippen LogP contribution in [0.25, 0.3) is 0 Å². The Balaban J connectivity index is 0.00000225. The zero-order valence-electron chi connectivity index (χ0n) is 16.4. The van der Waals surface area contributed by atoms with Crippen LogP contribution in [0.4, 0.5) is 0 Å². The van der Waals surface area contributed by atoms with E-state index in [9.17, 15) is 13.2 Å². The number of aryl methyl sites for hydroxylation is 2. The van der Waals surface area contributed by atoms with E-state index in [0.29, 0.717) is 18.5 Å². The predicted molar refractivity (Wildman–Crippen MR) is 106 cm³/mol. The average Bonchev–Trinajstić information content (AvgIpc) is 3.25. The second-order valence-corrected chi connectivity index (χ2v) is 9.76. The number of halogens is 1. The Labute approximate surface area is 172 Å². The minimum Gasteiger partial charge on any atom is -0.360 e. The molecule has 8 nitrogen and oxygen atoms in total. The summed E-state index contributed by atoms with van der Waals surface area (Å²) < 4.78 is 34.1. The smallest absolute Gasteiger partial charge is 0.246 e. The van der Waals surface area contributed by atoms with Crippen LogP contribution in [0.5, 0.6) is 0 Å². The summed E-state index contributed by atoms with van der Waals surface area (Å²) in [5, 5.41) is 7.16. The Hall–Kier alpha value is -1.16.